The highest BCUT2D eigenvalue weighted by Crippen LogP contribution is 2.36. The van der Waals surface area contributed by atoms with Crippen LogP contribution >= 0.6 is 0 Å². The van der Waals surface area contributed by atoms with Crippen LogP contribution in [-0.2, 0) is 0 Å². The summed E-state index contributed by atoms with van der Waals surface area (Å²) < 4.78 is 6.01. The molecule has 0 aromatic heterocycles. The molecule has 3 nitrogen and oxygen atoms in total. The summed E-state index contributed by atoms with van der Waals surface area (Å²) in [6.45, 7) is 9.82. The van der Waals surface area contributed by atoms with Gasteiger partial charge in [0.2, 0.25) is 0 Å². The molecule has 2 aliphatic heterocycles. The molecule has 3 unspecified atom stereocenters. The molecule has 22 heavy (non-hydrogen) atoms. The van der Waals surface area contributed by atoms with Gasteiger partial charge in [0, 0.05) is 30.1 Å². The fraction of sp³-hybridized carbons (Fsp3) is 0.684. The highest BCUT2D eigenvalue weighted by atomic mass is 16.5. The quantitative estimate of drug-likeness (QED) is 0.925. The predicted octanol–water partition coefficient (Wildman–Crippen LogP) is 3.69. The fourth-order valence-corrected chi connectivity index (χ4v) is 3.77. The molecule has 0 radical (unpaired) electrons. The van der Waals surface area contributed by atoms with E-state index in [1.807, 2.05) is 0 Å². The van der Waals surface area contributed by atoms with Crippen molar-refractivity contribution >= 4 is 0 Å². The van der Waals surface area contributed by atoms with E-state index in [1.54, 1.807) is 0 Å². The van der Waals surface area contributed by atoms with Crippen LogP contribution in [0.25, 0.3) is 0 Å². The predicted molar refractivity (Wildman–Crippen MR) is 91.3 cm³/mol. The van der Waals surface area contributed by atoms with Crippen molar-refractivity contribution in [3.8, 4) is 5.75 Å². The number of hydrogen-bond acceptors (Lipinski definition) is 3. The molecule has 1 saturated heterocycles. The molecule has 0 saturated carbocycles. The minimum atomic E-state index is 0.0941. The molecule has 0 bridgehead atoms. The van der Waals surface area contributed by atoms with Crippen molar-refractivity contribution in [3.05, 3.63) is 29.3 Å². The summed E-state index contributed by atoms with van der Waals surface area (Å²) in [4.78, 5) is 2.61. The number of nitrogens with zero attached hydrogens (tertiary/aromatic N) is 1. The molecule has 0 amide bonds. The number of piperidine rings is 1. The van der Waals surface area contributed by atoms with Gasteiger partial charge in [0.1, 0.15) is 5.75 Å². The van der Waals surface area contributed by atoms with Crippen molar-refractivity contribution in [2.75, 3.05) is 19.7 Å². The summed E-state index contributed by atoms with van der Waals surface area (Å²) in [6.07, 6.45) is 4.00. The van der Waals surface area contributed by atoms with Crippen molar-refractivity contribution in [1.82, 2.24) is 4.90 Å². The molecular formula is C19H30N2O. The van der Waals surface area contributed by atoms with E-state index in [1.165, 1.54) is 36.9 Å². The van der Waals surface area contributed by atoms with Gasteiger partial charge < -0.3 is 15.4 Å². The van der Waals surface area contributed by atoms with E-state index in [4.69, 9.17) is 10.5 Å². The number of benzene rings is 1. The maximum Gasteiger partial charge on any atom is 0.124 e. The molecule has 3 rings (SSSR count). The van der Waals surface area contributed by atoms with Gasteiger partial charge in [-0.05, 0) is 43.9 Å². The van der Waals surface area contributed by atoms with Crippen LogP contribution < -0.4 is 10.5 Å². The molecule has 1 fully saturated rings. The van der Waals surface area contributed by atoms with Crippen molar-refractivity contribution in [2.45, 2.75) is 58.0 Å². The van der Waals surface area contributed by atoms with Gasteiger partial charge in [-0.1, -0.05) is 32.4 Å². The van der Waals surface area contributed by atoms with Gasteiger partial charge in [-0.25, -0.2) is 0 Å². The minimum Gasteiger partial charge on any atom is -0.493 e. The fourth-order valence-electron chi connectivity index (χ4n) is 3.77. The molecule has 2 N–H and O–H groups in total. The van der Waals surface area contributed by atoms with Crippen LogP contribution in [0.4, 0.5) is 0 Å². The second-order valence-corrected chi connectivity index (χ2v) is 7.39. The third-order valence-electron chi connectivity index (χ3n) is 5.43. The number of hydrogen-bond donors (Lipinski definition) is 1. The normalized spacial score (nSPS) is 29.2. The first-order valence-electron chi connectivity index (χ1n) is 8.82. The molecule has 3 atom stereocenters. The Bertz CT molecular complexity index is 514. The summed E-state index contributed by atoms with van der Waals surface area (Å²) in [6, 6.07) is 7.31. The Morgan fingerprint density at radius 2 is 2.14 bits per heavy atom. The number of rotatable bonds is 3. The maximum absolute atomic E-state index is 6.62. The Labute approximate surface area is 134 Å². The van der Waals surface area contributed by atoms with Crippen LogP contribution in [-0.4, -0.2) is 30.6 Å². The summed E-state index contributed by atoms with van der Waals surface area (Å²) in [5.41, 5.74) is 9.17. The summed E-state index contributed by atoms with van der Waals surface area (Å²) >= 11 is 0. The largest absolute Gasteiger partial charge is 0.493 e. The SMILES string of the molecule is CC(C)c1ccc2c(c1)C(N)C(CN1CCCCC1C)CO2. The van der Waals surface area contributed by atoms with Gasteiger partial charge >= 0.3 is 0 Å². The molecule has 1 aromatic carbocycles. The van der Waals surface area contributed by atoms with E-state index in [2.05, 4.69) is 43.9 Å². The van der Waals surface area contributed by atoms with E-state index >= 15 is 0 Å². The van der Waals surface area contributed by atoms with Gasteiger partial charge in [0.25, 0.3) is 0 Å². The van der Waals surface area contributed by atoms with Crippen molar-refractivity contribution in [2.24, 2.45) is 11.7 Å². The van der Waals surface area contributed by atoms with Crippen LogP contribution in [0.15, 0.2) is 18.2 Å². The Kier molecular flexibility index (Phi) is 4.74. The first-order valence-corrected chi connectivity index (χ1v) is 8.82. The Morgan fingerprint density at radius 1 is 1.32 bits per heavy atom. The van der Waals surface area contributed by atoms with E-state index in [0.29, 0.717) is 17.9 Å². The zero-order valence-electron chi connectivity index (χ0n) is 14.2. The monoisotopic (exact) mass is 302 g/mol. The average Bonchev–Trinajstić information content (AvgIpc) is 2.52. The van der Waals surface area contributed by atoms with Crippen LogP contribution in [0.3, 0.4) is 0 Å². The Balaban J connectivity index is 1.75. The van der Waals surface area contributed by atoms with Crippen molar-refractivity contribution in [1.29, 1.82) is 0 Å². The third-order valence-corrected chi connectivity index (χ3v) is 5.43. The van der Waals surface area contributed by atoms with Gasteiger partial charge in [-0.2, -0.15) is 0 Å². The van der Waals surface area contributed by atoms with Crippen LogP contribution in [0.2, 0.25) is 0 Å². The zero-order valence-corrected chi connectivity index (χ0v) is 14.2. The Hall–Kier alpha value is -1.06. The molecule has 122 valence electrons. The van der Waals surface area contributed by atoms with E-state index < -0.39 is 0 Å². The lowest BCUT2D eigenvalue weighted by molar-refractivity contribution is 0.0940. The highest BCUT2D eigenvalue weighted by molar-refractivity contribution is 5.42. The average molecular weight is 302 g/mol. The molecule has 3 heteroatoms. The Morgan fingerprint density at radius 3 is 2.86 bits per heavy atom. The minimum absolute atomic E-state index is 0.0941. The maximum atomic E-state index is 6.62. The number of nitrogens with two attached hydrogens (primary N) is 1. The van der Waals surface area contributed by atoms with E-state index in [9.17, 15) is 0 Å². The molecular weight excluding hydrogens is 272 g/mol. The second kappa shape index (κ2) is 6.59. The first-order chi connectivity index (χ1) is 10.6. The zero-order chi connectivity index (χ0) is 15.7. The first kappa shape index (κ1) is 15.8. The van der Waals surface area contributed by atoms with Gasteiger partial charge in [-0.3, -0.25) is 0 Å². The van der Waals surface area contributed by atoms with Crippen LogP contribution in [0, 0.1) is 5.92 Å². The lowest BCUT2D eigenvalue weighted by Crippen LogP contribution is -2.45. The smallest absolute Gasteiger partial charge is 0.124 e. The van der Waals surface area contributed by atoms with Crippen molar-refractivity contribution < 1.29 is 4.74 Å². The van der Waals surface area contributed by atoms with Crippen LogP contribution in [0.1, 0.15) is 63.1 Å². The van der Waals surface area contributed by atoms with E-state index in [0.717, 1.165) is 18.9 Å². The highest BCUT2D eigenvalue weighted by Gasteiger charge is 2.31. The van der Waals surface area contributed by atoms with Gasteiger partial charge in [-0.15, -0.1) is 0 Å². The molecule has 1 aromatic rings. The summed E-state index contributed by atoms with van der Waals surface area (Å²) in [7, 11) is 0. The number of ether oxygens (including phenoxy) is 1. The summed E-state index contributed by atoms with van der Waals surface area (Å²) in [5, 5.41) is 0. The lowest BCUT2D eigenvalue weighted by atomic mass is 9.87. The molecule has 2 heterocycles. The third kappa shape index (κ3) is 3.16. The molecule has 2 aliphatic rings. The van der Waals surface area contributed by atoms with Gasteiger partial charge in [0.05, 0.1) is 6.61 Å². The lowest BCUT2D eigenvalue weighted by Gasteiger charge is -2.39. The van der Waals surface area contributed by atoms with Gasteiger partial charge in [0.15, 0.2) is 0 Å². The van der Waals surface area contributed by atoms with Crippen LogP contribution in [0.5, 0.6) is 5.75 Å². The molecule has 0 aliphatic carbocycles. The van der Waals surface area contributed by atoms with E-state index in [-0.39, 0.29) is 6.04 Å². The topological polar surface area (TPSA) is 38.5 Å². The van der Waals surface area contributed by atoms with Crippen molar-refractivity contribution in [3.63, 3.8) is 0 Å². The number of likely N-dealkylation sites (tertiary alicyclic amines) is 1. The molecule has 0 spiro atoms. The standard InChI is InChI=1S/C19H30N2O/c1-13(2)15-7-8-18-17(10-15)19(20)16(12-22-18)11-21-9-5-4-6-14(21)3/h7-8,10,13-14,16,19H,4-6,9,11-12,20H2,1-3H3. The second-order valence-electron chi connectivity index (χ2n) is 7.39. The number of fused-ring (bicyclic) bond motifs is 1. The summed E-state index contributed by atoms with van der Waals surface area (Å²) in [5.74, 6) is 1.91.